The molecule has 0 aliphatic rings. The Kier molecular flexibility index (Phi) is 6.57. The fourth-order valence-electron chi connectivity index (χ4n) is 3.99. The second-order valence-corrected chi connectivity index (χ2v) is 8.20. The van der Waals surface area contributed by atoms with Crippen molar-refractivity contribution in [3.63, 3.8) is 0 Å². The third-order valence-corrected chi connectivity index (χ3v) is 6.05. The molecule has 35 heavy (non-hydrogen) atoms. The summed E-state index contributed by atoms with van der Waals surface area (Å²) in [5.41, 5.74) is -2.79. The van der Waals surface area contributed by atoms with Crippen molar-refractivity contribution in [2.75, 3.05) is 0 Å². The van der Waals surface area contributed by atoms with Crippen molar-refractivity contribution in [3.8, 4) is 0 Å². The van der Waals surface area contributed by atoms with E-state index >= 15 is 4.39 Å². The molecule has 0 bridgehead atoms. The molecule has 0 spiro atoms. The summed E-state index contributed by atoms with van der Waals surface area (Å²) in [5.74, 6) is -5.57. The van der Waals surface area contributed by atoms with Gasteiger partial charge in [-0.25, -0.2) is 47.2 Å². The minimum Gasteiger partial charge on any atom is -0.382 e. The van der Waals surface area contributed by atoms with E-state index in [4.69, 9.17) is 0 Å². The molecule has 0 amide bonds. The molecular weight excluding hydrogens is 466 g/mol. The van der Waals surface area contributed by atoms with Crippen LogP contribution in [0.1, 0.15) is 54.0 Å². The molecule has 0 saturated heterocycles. The minimum atomic E-state index is -2.13. The van der Waals surface area contributed by atoms with Gasteiger partial charge >= 0.3 is 0 Å². The molecule has 3 atom stereocenters. The molecule has 0 saturated carbocycles. The molecule has 4 rings (SSSR count). The fourth-order valence-corrected chi connectivity index (χ4v) is 3.99. The van der Waals surface area contributed by atoms with Gasteiger partial charge in [0, 0.05) is 23.5 Å². The smallest absolute Gasteiger partial charge is 0.167 e. The van der Waals surface area contributed by atoms with Crippen molar-refractivity contribution in [1.29, 1.82) is 0 Å². The van der Waals surface area contributed by atoms with Crippen LogP contribution < -0.4 is 0 Å². The van der Waals surface area contributed by atoms with Crippen LogP contribution >= 0.6 is 0 Å². The lowest BCUT2D eigenvalue weighted by Gasteiger charge is -2.34. The summed E-state index contributed by atoms with van der Waals surface area (Å²) in [4.78, 5) is 19.5. The van der Waals surface area contributed by atoms with Crippen molar-refractivity contribution in [2.45, 2.75) is 44.8 Å². The van der Waals surface area contributed by atoms with Crippen LogP contribution in [0, 0.1) is 30.2 Å². The first-order chi connectivity index (χ1) is 16.6. The van der Waals surface area contributed by atoms with E-state index in [2.05, 4.69) is 30.0 Å². The lowest BCUT2D eigenvalue weighted by Crippen LogP contribution is -2.39. The molecular formula is C23H21F4N7O. The van der Waals surface area contributed by atoms with Crippen LogP contribution in [0.3, 0.4) is 0 Å². The van der Waals surface area contributed by atoms with E-state index in [1.807, 2.05) is 0 Å². The van der Waals surface area contributed by atoms with Crippen molar-refractivity contribution in [1.82, 2.24) is 34.7 Å². The molecule has 8 nitrogen and oxygen atoms in total. The summed E-state index contributed by atoms with van der Waals surface area (Å²) < 4.78 is 60.1. The Labute approximate surface area is 197 Å². The predicted octanol–water partition coefficient (Wildman–Crippen LogP) is 3.57. The van der Waals surface area contributed by atoms with Crippen LogP contribution in [0.2, 0.25) is 0 Å². The molecule has 0 aliphatic carbocycles. The number of hydrogen-bond acceptors (Lipinski definition) is 7. The number of aromatic nitrogens is 7. The first kappa shape index (κ1) is 24.3. The SMILES string of the molecule is Cc1ncnc(C(C)c2ncnc(C(C)C(O)(Cn3cncn3)c3ccc(F)cc3F)c2F)c1F. The van der Waals surface area contributed by atoms with Gasteiger partial charge < -0.3 is 5.11 Å². The lowest BCUT2D eigenvalue weighted by molar-refractivity contribution is -0.0134. The van der Waals surface area contributed by atoms with Crippen LogP contribution in [0.15, 0.2) is 43.5 Å². The zero-order valence-electron chi connectivity index (χ0n) is 19.0. The maximum atomic E-state index is 15.8. The van der Waals surface area contributed by atoms with Crippen LogP contribution in [-0.2, 0) is 12.1 Å². The van der Waals surface area contributed by atoms with Crippen molar-refractivity contribution >= 4 is 0 Å². The average Bonchev–Trinajstić information content (AvgIpc) is 3.33. The molecule has 182 valence electrons. The third kappa shape index (κ3) is 4.48. The first-order valence-electron chi connectivity index (χ1n) is 10.6. The molecule has 1 N–H and O–H groups in total. The molecule has 1 aromatic carbocycles. The number of rotatable bonds is 7. The standard InChI is InChI=1S/C23H21F4N7O/c1-12(20-18(26)14(3)29-9-30-20)21-19(27)22(32-10-31-21)13(2)23(35,7-34-11-28-8-33-34)16-5-4-15(24)6-17(16)25/h4-6,8-13,35H,7H2,1-3H3. The number of nitrogens with zero attached hydrogens (tertiary/aromatic N) is 7. The molecule has 0 radical (unpaired) electrons. The van der Waals surface area contributed by atoms with Gasteiger partial charge in [0.2, 0.25) is 0 Å². The Morgan fingerprint density at radius 1 is 0.914 bits per heavy atom. The monoisotopic (exact) mass is 487 g/mol. The van der Waals surface area contributed by atoms with Gasteiger partial charge in [0.25, 0.3) is 0 Å². The maximum absolute atomic E-state index is 15.8. The normalized spacial score (nSPS) is 15.0. The second kappa shape index (κ2) is 9.45. The minimum absolute atomic E-state index is 0.0591. The van der Waals surface area contributed by atoms with E-state index in [1.165, 1.54) is 44.4 Å². The Morgan fingerprint density at radius 2 is 1.57 bits per heavy atom. The number of benzene rings is 1. The molecule has 3 aromatic heterocycles. The van der Waals surface area contributed by atoms with Crippen molar-refractivity contribution in [2.24, 2.45) is 0 Å². The van der Waals surface area contributed by atoms with Gasteiger partial charge in [0.1, 0.15) is 42.5 Å². The number of hydrogen-bond donors (Lipinski definition) is 1. The quantitative estimate of drug-likeness (QED) is 0.398. The highest BCUT2D eigenvalue weighted by Gasteiger charge is 2.42. The van der Waals surface area contributed by atoms with E-state index in [9.17, 15) is 18.3 Å². The van der Waals surface area contributed by atoms with Gasteiger partial charge in [0.05, 0.1) is 29.3 Å². The highest BCUT2D eigenvalue weighted by Crippen LogP contribution is 2.40. The Balaban J connectivity index is 1.82. The predicted molar refractivity (Wildman–Crippen MR) is 115 cm³/mol. The molecule has 12 heteroatoms. The average molecular weight is 487 g/mol. The molecule has 0 aliphatic heterocycles. The molecule has 3 heterocycles. The summed E-state index contributed by atoms with van der Waals surface area (Å²) in [5, 5.41) is 15.7. The highest BCUT2D eigenvalue weighted by atomic mass is 19.1. The van der Waals surface area contributed by atoms with Gasteiger partial charge in [0.15, 0.2) is 11.6 Å². The van der Waals surface area contributed by atoms with E-state index in [0.717, 1.165) is 18.5 Å². The molecule has 0 fully saturated rings. The summed E-state index contributed by atoms with van der Waals surface area (Å²) >= 11 is 0. The van der Waals surface area contributed by atoms with Gasteiger partial charge in [-0.3, -0.25) is 0 Å². The van der Waals surface area contributed by atoms with Gasteiger partial charge in [-0.05, 0) is 13.0 Å². The summed E-state index contributed by atoms with van der Waals surface area (Å²) in [6.45, 7) is 4.07. The molecule has 4 aromatic rings. The molecule has 3 unspecified atom stereocenters. The highest BCUT2D eigenvalue weighted by molar-refractivity contribution is 5.33. The van der Waals surface area contributed by atoms with Crippen molar-refractivity contribution < 1.29 is 22.7 Å². The van der Waals surface area contributed by atoms with E-state index in [1.54, 1.807) is 0 Å². The Morgan fingerprint density at radius 3 is 2.23 bits per heavy atom. The topological polar surface area (TPSA) is 102 Å². The number of aryl methyl sites for hydroxylation is 1. The Hall–Kier alpha value is -3.80. The van der Waals surface area contributed by atoms with Crippen LogP contribution in [-0.4, -0.2) is 39.8 Å². The zero-order valence-corrected chi connectivity index (χ0v) is 19.0. The van der Waals surface area contributed by atoms with E-state index < -0.39 is 40.7 Å². The summed E-state index contributed by atoms with van der Waals surface area (Å²) in [6.07, 6.45) is 4.75. The summed E-state index contributed by atoms with van der Waals surface area (Å²) in [6, 6.07) is 2.69. The lowest BCUT2D eigenvalue weighted by atomic mass is 9.79. The fraction of sp³-hybridized carbons (Fsp3) is 0.304. The number of halogens is 4. The van der Waals surface area contributed by atoms with Crippen LogP contribution in [0.25, 0.3) is 0 Å². The van der Waals surface area contributed by atoms with Crippen molar-refractivity contribution in [3.05, 3.63) is 95.1 Å². The maximum Gasteiger partial charge on any atom is 0.167 e. The third-order valence-electron chi connectivity index (χ3n) is 6.05. The zero-order chi connectivity index (χ0) is 25.3. The largest absolute Gasteiger partial charge is 0.382 e. The first-order valence-corrected chi connectivity index (χ1v) is 10.6. The van der Waals surface area contributed by atoms with Gasteiger partial charge in [-0.15, -0.1) is 0 Å². The summed E-state index contributed by atoms with van der Waals surface area (Å²) in [7, 11) is 0. The number of aliphatic hydroxyl groups is 1. The van der Waals surface area contributed by atoms with E-state index in [-0.39, 0.29) is 34.9 Å². The Bertz CT molecular complexity index is 1350. The van der Waals surface area contributed by atoms with Crippen LogP contribution in [0.4, 0.5) is 17.6 Å². The van der Waals surface area contributed by atoms with Gasteiger partial charge in [-0.1, -0.05) is 19.9 Å². The van der Waals surface area contributed by atoms with Crippen LogP contribution in [0.5, 0.6) is 0 Å². The van der Waals surface area contributed by atoms with E-state index in [0.29, 0.717) is 6.07 Å². The second-order valence-electron chi connectivity index (χ2n) is 8.20. The van der Waals surface area contributed by atoms with Gasteiger partial charge in [-0.2, -0.15) is 5.10 Å².